The molecule has 1 saturated heterocycles. The first-order valence-electron chi connectivity index (χ1n) is 9.84. The van der Waals surface area contributed by atoms with Crippen LogP contribution < -0.4 is 29.4 Å². The molecule has 0 radical (unpaired) electrons. The Morgan fingerprint density at radius 3 is 2.26 bits per heavy atom. The van der Waals surface area contributed by atoms with Gasteiger partial charge in [-0.3, -0.25) is 9.36 Å². The number of anilines is 1. The van der Waals surface area contributed by atoms with E-state index >= 15 is 0 Å². The van der Waals surface area contributed by atoms with Gasteiger partial charge < -0.3 is 28.6 Å². The molecule has 0 aliphatic carbocycles. The van der Waals surface area contributed by atoms with Gasteiger partial charge in [-0.05, 0) is 18.2 Å². The van der Waals surface area contributed by atoms with Crippen LogP contribution in [0.4, 0.5) is 5.69 Å². The van der Waals surface area contributed by atoms with E-state index in [1.54, 1.807) is 13.2 Å². The Morgan fingerprint density at radius 1 is 0.903 bits per heavy atom. The second kappa shape index (κ2) is 8.73. The van der Waals surface area contributed by atoms with Crippen LogP contribution in [-0.4, -0.2) is 64.3 Å². The summed E-state index contributed by atoms with van der Waals surface area (Å²) in [6.45, 7) is 2.99. The van der Waals surface area contributed by atoms with E-state index < -0.39 is 0 Å². The molecule has 9 heteroatoms. The lowest BCUT2D eigenvalue weighted by Crippen LogP contribution is -2.36. The van der Waals surface area contributed by atoms with Crippen molar-refractivity contribution in [3.05, 3.63) is 40.9 Å². The van der Waals surface area contributed by atoms with Crippen molar-refractivity contribution in [1.29, 1.82) is 0 Å². The van der Waals surface area contributed by atoms with Crippen LogP contribution >= 0.6 is 0 Å². The van der Waals surface area contributed by atoms with Gasteiger partial charge in [0.15, 0.2) is 11.5 Å². The molecular weight excluding hydrogens is 402 g/mol. The summed E-state index contributed by atoms with van der Waals surface area (Å²) in [5, 5.41) is 0.344. The lowest BCUT2D eigenvalue weighted by Gasteiger charge is -2.29. The van der Waals surface area contributed by atoms with E-state index in [1.165, 1.54) is 32.2 Å². The number of rotatable bonds is 6. The third kappa shape index (κ3) is 3.61. The van der Waals surface area contributed by atoms with Gasteiger partial charge in [0.1, 0.15) is 17.6 Å². The number of fused-ring (bicyclic) bond motifs is 1. The zero-order valence-corrected chi connectivity index (χ0v) is 18.0. The van der Waals surface area contributed by atoms with Crippen LogP contribution in [0.1, 0.15) is 0 Å². The molecule has 0 bridgehead atoms. The summed E-state index contributed by atoms with van der Waals surface area (Å²) in [4.78, 5) is 20.1. The Balaban J connectivity index is 1.86. The maximum absolute atomic E-state index is 13.4. The van der Waals surface area contributed by atoms with Crippen LogP contribution in [0.3, 0.4) is 0 Å². The van der Waals surface area contributed by atoms with E-state index in [0.29, 0.717) is 52.8 Å². The number of nitrogens with zero attached hydrogens (tertiary/aromatic N) is 3. The quantitative estimate of drug-likeness (QED) is 0.592. The van der Waals surface area contributed by atoms with Gasteiger partial charge in [0, 0.05) is 24.8 Å². The number of hydrogen-bond acceptors (Lipinski definition) is 8. The fourth-order valence-corrected chi connectivity index (χ4v) is 3.79. The second-order valence-corrected chi connectivity index (χ2v) is 6.92. The van der Waals surface area contributed by atoms with Crippen LogP contribution in [0.2, 0.25) is 0 Å². The minimum Gasteiger partial charge on any atom is -0.494 e. The van der Waals surface area contributed by atoms with E-state index in [-0.39, 0.29) is 5.56 Å². The number of aromatic nitrogens is 2. The Bertz CT molecular complexity index is 1150. The van der Waals surface area contributed by atoms with E-state index in [4.69, 9.17) is 23.7 Å². The first-order valence-corrected chi connectivity index (χ1v) is 9.84. The summed E-state index contributed by atoms with van der Waals surface area (Å²) >= 11 is 0. The van der Waals surface area contributed by atoms with Crippen molar-refractivity contribution in [2.45, 2.75) is 0 Å². The van der Waals surface area contributed by atoms with Crippen LogP contribution in [0, 0.1) is 0 Å². The highest BCUT2D eigenvalue weighted by atomic mass is 16.5. The van der Waals surface area contributed by atoms with E-state index in [2.05, 4.69) is 9.88 Å². The van der Waals surface area contributed by atoms with E-state index in [1.807, 2.05) is 18.2 Å². The van der Waals surface area contributed by atoms with Crippen molar-refractivity contribution in [1.82, 2.24) is 9.55 Å². The predicted octanol–water partition coefficient (Wildman–Crippen LogP) is 2.26. The van der Waals surface area contributed by atoms with Gasteiger partial charge in [-0.1, -0.05) is 0 Å². The number of hydrogen-bond donors (Lipinski definition) is 0. The van der Waals surface area contributed by atoms with Gasteiger partial charge in [0.05, 0.1) is 52.7 Å². The number of methoxy groups -OCH3 is 4. The molecule has 1 aliphatic rings. The minimum atomic E-state index is -0.276. The largest absolute Gasteiger partial charge is 0.494 e. The number of benzene rings is 2. The molecule has 3 aromatic rings. The molecule has 1 aliphatic heterocycles. The highest BCUT2D eigenvalue weighted by Gasteiger charge is 2.21. The van der Waals surface area contributed by atoms with Crippen molar-refractivity contribution >= 4 is 16.6 Å². The zero-order valence-electron chi connectivity index (χ0n) is 18.0. The van der Waals surface area contributed by atoms with Crippen molar-refractivity contribution in [3.8, 4) is 28.7 Å². The highest BCUT2D eigenvalue weighted by Crippen LogP contribution is 2.41. The first-order chi connectivity index (χ1) is 15.1. The Labute approximate surface area is 179 Å². The van der Waals surface area contributed by atoms with Crippen molar-refractivity contribution < 1.29 is 23.7 Å². The molecule has 4 rings (SSSR count). The van der Waals surface area contributed by atoms with Crippen LogP contribution in [0.25, 0.3) is 16.6 Å². The Morgan fingerprint density at radius 2 is 1.61 bits per heavy atom. The van der Waals surface area contributed by atoms with Gasteiger partial charge in [-0.25, -0.2) is 4.98 Å². The molecule has 0 N–H and O–H groups in total. The molecule has 31 heavy (non-hydrogen) atoms. The Hall–Kier alpha value is -3.46. The number of ether oxygens (including phenoxy) is 5. The van der Waals surface area contributed by atoms with Crippen molar-refractivity contribution in [3.63, 3.8) is 0 Å². The average Bonchev–Trinajstić information content (AvgIpc) is 2.83. The van der Waals surface area contributed by atoms with Gasteiger partial charge in [0.2, 0.25) is 5.75 Å². The molecule has 0 amide bonds. The molecule has 0 spiro atoms. The standard InChI is InChI=1S/C22H25N3O6/c1-27-17-11-14(24-7-9-31-10-8-24)5-6-16(17)25-13-23-19-15(22(25)26)12-18(28-2)20(29-3)21(19)30-4/h5-6,11-13H,7-10H2,1-4H3. The SMILES string of the molecule is COc1cc(N2CCOCC2)ccc1-n1cnc2c(OC)c(OC)c(OC)cc2c1=O. The molecule has 0 unspecified atom stereocenters. The third-order valence-electron chi connectivity index (χ3n) is 5.35. The predicted molar refractivity (Wildman–Crippen MR) is 117 cm³/mol. The topological polar surface area (TPSA) is 84.3 Å². The molecular formula is C22H25N3O6. The maximum Gasteiger partial charge on any atom is 0.266 e. The molecule has 0 atom stereocenters. The second-order valence-electron chi connectivity index (χ2n) is 6.92. The van der Waals surface area contributed by atoms with Gasteiger partial charge in [-0.15, -0.1) is 0 Å². The smallest absolute Gasteiger partial charge is 0.266 e. The molecule has 0 saturated carbocycles. The normalized spacial score (nSPS) is 13.9. The van der Waals surface area contributed by atoms with Crippen molar-refractivity contribution in [2.24, 2.45) is 0 Å². The summed E-state index contributed by atoms with van der Waals surface area (Å²) in [5.74, 6) is 1.68. The molecule has 2 heterocycles. The van der Waals surface area contributed by atoms with E-state index in [9.17, 15) is 4.79 Å². The summed E-state index contributed by atoms with van der Waals surface area (Å²) < 4.78 is 28.7. The fourth-order valence-electron chi connectivity index (χ4n) is 3.79. The summed E-state index contributed by atoms with van der Waals surface area (Å²) in [7, 11) is 6.09. The monoisotopic (exact) mass is 427 g/mol. The highest BCUT2D eigenvalue weighted by molar-refractivity contribution is 5.89. The fraction of sp³-hybridized carbons (Fsp3) is 0.364. The molecule has 164 valence electrons. The molecule has 2 aromatic carbocycles. The summed E-state index contributed by atoms with van der Waals surface area (Å²) in [6.07, 6.45) is 1.46. The molecule has 1 fully saturated rings. The van der Waals surface area contributed by atoms with Gasteiger partial charge >= 0.3 is 0 Å². The maximum atomic E-state index is 13.4. The molecule has 1 aromatic heterocycles. The van der Waals surface area contributed by atoms with Crippen LogP contribution in [-0.2, 0) is 4.74 Å². The van der Waals surface area contributed by atoms with Crippen molar-refractivity contribution in [2.75, 3.05) is 59.6 Å². The summed E-state index contributed by atoms with van der Waals surface area (Å²) in [5.41, 5.74) is 1.72. The van der Waals surface area contributed by atoms with E-state index in [0.717, 1.165) is 18.8 Å². The zero-order chi connectivity index (χ0) is 22.0. The van der Waals surface area contributed by atoms with Gasteiger partial charge in [0.25, 0.3) is 5.56 Å². The molecule has 9 nitrogen and oxygen atoms in total. The first kappa shape index (κ1) is 20.8. The van der Waals surface area contributed by atoms with Gasteiger partial charge in [-0.2, -0.15) is 0 Å². The van der Waals surface area contributed by atoms with Crippen LogP contribution in [0.15, 0.2) is 35.4 Å². The van der Waals surface area contributed by atoms with Crippen LogP contribution in [0.5, 0.6) is 23.0 Å². The lowest BCUT2D eigenvalue weighted by atomic mass is 10.2. The Kier molecular flexibility index (Phi) is 5.85. The number of morpholine rings is 1. The average molecular weight is 427 g/mol. The third-order valence-corrected chi connectivity index (χ3v) is 5.35. The summed E-state index contributed by atoms with van der Waals surface area (Å²) in [6, 6.07) is 7.36. The minimum absolute atomic E-state index is 0.276. The lowest BCUT2D eigenvalue weighted by molar-refractivity contribution is 0.122.